The third kappa shape index (κ3) is 3.55. The minimum absolute atomic E-state index is 0.0597. The Balaban J connectivity index is 1.34. The smallest absolute Gasteiger partial charge is 0.317 e. The van der Waals surface area contributed by atoms with Crippen molar-refractivity contribution in [2.24, 2.45) is 11.8 Å². The Hall–Kier alpha value is -1.26. The van der Waals surface area contributed by atoms with Crippen molar-refractivity contribution >= 4 is 11.9 Å². The molecule has 2 N–H and O–H groups in total. The van der Waals surface area contributed by atoms with Crippen LogP contribution in [0.2, 0.25) is 0 Å². The number of carbonyl (C=O) groups is 2. The van der Waals surface area contributed by atoms with Crippen LogP contribution in [0.5, 0.6) is 0 Å². The minimum atomic E-state index is 0.0597. The van der Waals surface area contributed by atoms with Crippen LogP contribution >= 0.6 is 0 Å². The predicted octanol–water partition coefficient (Wildman–Crippen LogP) is 2.27. The first-order valence-electron chi connectivity index (χ1n) is 9.08. The molecular weight excluding hydrogens is 278 g/mol. The van der Waals surface area contributed by atoms with E-state index in [2.05, 4.69) is 10.6 Å². The van der Waals surface area contributed by atoms with Crippen LogP contribution in [-0.4, -0.2) is 42.5 Å². The van der Waals surface area contributed by atoms with E-state index in [0.717, 1.165) is 38.1 Å². The Labute approximate surface area is 133 Å². The van der Waals surface area contributed by atoms with Crippen LogP contribution in [0.3, 0.4) is 0 Å². The molecular formula is C17H29N3O2. The third-order valence-electron chi connectivity index (χ3n) is 5.68. The molecule has 0 aromatic rings. The molecule has 3 aliphatic rings. The maximum atomic E-state index is 12.3. The number of nitrogens with zero attached hydrogens (tertiary/aromatic N) is 1. The molecule has 3 rings (SSSR count). The normalized spacial score (nSPS) is 26.0. The van der Waals surface area contributed by atoms with Gasteiger partial charge in [0.05, 0.1) is 0 Å². The van der Waals surface area contributed by atoms with E-state index in [-0.39, 0.29) is 17.9 Å². The van der Waals surface area contributed by atoms with E-state index in [4.69, 9.17) is 0 Å². The minimum Gasteiger partial charge on any atom is -0.354 e. The lowest BCUT2D eigenvalue weighted by Gasteiger charge is -2.36. The van der Waals surface area contributed by atoms with Crippen molar-refractivity contribution in [3.8, 4) is 0 Å². The van der Waals surface area contributed by atoms with E-state index in [1.807, 2.05) is 4.90 Å². The van der Waals surface area contributed by atoms with Crippen LogP contribution in [0.25, 0.3) is 0 Å². The van der Waals surface area contributed by atoms with Gasteiger partial charge in [-0.1, -0.05) is 19.3 Å². The molecule has 0 aromatic carbocycles. The van der Waals surface area contributed by atoms with Crippen LogP contribution in [0.4, 0.5) is 4.79 Å². The lowest BCUT2D eigenvalue weighted by atomic mass is 9.79. The lowest BCUT2D eigenvalue weighted by molar-refractivity contribution is -0.124. The molecule has 5 nitrogen and oxygen atoms in total. The molecule has 124 valence electrons. The number of urea groups is 1. The summed E-state index contributed by atoms with van der Waals surface area (Å²) in [6, 6.07) is 0.520. The summed E-state index contributed by atoms with van der Waals surface area (Å²) in [6.07, 6.45) is 10.6. The van der Waals surface area contributed by atoms with Crippen molar-refractivity contribution in [3.63, 3.8) is 0 Å². The number of nitrogens with one attached hydrogen (secondary N) is 2. The van der Waals surface area contributed by atoms with E-state index in [1.54, 1.807) is 0 Å². The van der Waals surface area contributed by atoms with Crippen molar-refractivity contribution in [3.05, 3.63) is 0 Å². The average Bonchev–Trinajstić information content (AvgIpc) is 3.12. The van der Waals surface area contributed by atoms with Crippen molar-refractivity contribution in [1.82, 2.24) is 15.5 Å². The van der Waals surface area contributed by atoms with Gasteiger partial charge in [-0.15, -0.1) is 0 Å². The van der Waals surface area contributed by atoms with Crippen molar-refractivity contribution in [2.75, 3.05) is 19.6 Å². The highest BCUT2D eigenvalue weighted by molar-refractivity contribution is 5.79. The first-order chi connectivity index (χ1) is 10.8. The fourth-order valence-corrected chi connectivity index (χ4v) is 4.15. The largest absolute Gasteiger partial charge is 0.354 e. The second kappa shape index (κ2) is 7.34. The molecule has 0 spiro atoms. The van der Waals surface area contributed by atoms with Crippen LogP contribution in [-0.2, 0) is 4.79 Å². The molecule has 22 heavy (non-hydrogen) atoms. The fourth-order valence-electron chi connectivity index (χ4n) is 4.15. The number of hydrogen-bond acceptors (Lipinski definition) is 2. The zero-order valence-electron chi connectivity index (χ0n) is 13.5. The summed E-state index contributed by atoms with van der Waals surface area (Å²) in [5, 5.41) is 5.93. The van der Waals surface area contributed by atoms with Crippen LogP contribution in [0, 0.1) is 11.8 Å². The van der Waals surface area contributed by atoms with Gasteiger partial charge in [0.25, 0.3) is 0 Å². The van der Waals surface area contributed by atoms with Crippen molar-refractivity contribution in [2.45, 2.75) is 63.8 Å². The molecule has 1 saturated heterocycles. The molecule has 0 radical (unpaired) electrons. The molecule has 0 aromatic heterocycles. The second-order valence-corrected chi connectivity index (χ2v) is 7.10. The van der Waals surface area contributed by atoms with Crippen molar-refractivity contribution in [1.29, 1.82) is 0 Å². The van der Waals surface area contributed by atoms with Gasteiger partial charge in [0.15, 0.2) is 0 Å². The molecule has 1 atom stereocenters. The highest BCUT2D eigenvalue weighted by Crippen LogP contribution is 2.37. The Morgan fingerprint density at radius 2 is 1.59 bits per heavy atom. The van der Waals surface area contributed by atoms with Gasteiger partial charge in [0.2, 0.25) is 5.91 Å². The number of rotatable bonds is 5. The van der Waals surface area contributed by atoms with Gasteiger partial charge < -0.3 is 15.5 Å². The second-order valence-electron chi connectivity index (χ2n) is 7.10. The van der Waals surface area contributed by atoms with Gasteiger partial charge in [0, 0.05) is 31.6 Å². The summed E-state index contributed by atoms with van der Waals surface area (Å²) in [5.74, 6) is 1.10. The molecule has 3 amide bonds. The molecule has 0 bridgehead atoms. The molecule has 1 heterocycles. The summed E-state index contributed by atoms with van der Waals surface area (Å²) in [4.78, 5) is 26.2. The SMILES string of the molecule is O=C(NCCNC(=O)N1CCC[C@@H]1C1CCC1)C1CCCC1. The van der Waals surface area contributed by atoms with Crippen LogP contribution < -0.4 is 10.6 Å². The molecule has 2 aliphatic carbocycles. The standard InChI is InChI=1S/C17H29N3O2/c21-16(14-5-1-2-6-14)18-10-11-19-17(22)20-12-4-9-15(20)13-7-3-8-13/h13-15H,1-12H2,(H,18,21)(H,19,22)/t15-/m1/s1. The van der Waals surface area contributed by atoms with Gasteiger partial charge in [-0.05, 0) is 44.4 Å². The summed E-state index contributed by atoms with van der Waals surface area (Å²) in [7, 11) is 0. The number of amides is 3. The van der Waals surface area contributed by atoms with Gasteiger partial charge in [-0.3, -0.25) is 4.79 Å². The maximum absolute atomic E-state index is 12.3. The monoisotopic (exact) mass is 307 g/mol. The first kappa shape index (κ1) is 15.6. The Morgan fingerprint density at radius 3 is 2.27 bits per heavy atom. The highest BCUT2D eigenvalue weighted by atomic mass is 16.2. The third-order valence-corrected chi connectivity index (χ3v) is 5.68. The molecule has 3 fully saturated rings. The summed E-state index contributed by atoms with van der Waals surface area (Å²) >= 11 is 0. The topological polar surface area (TPSA) is 61.4 Å². The Bertz CT molecular complexity index is 403. The summed E-state index contributed by atoms with van der Waals surface area (Å²) in [5.41, 5.74) is 0. The number of carbonyl (C=O) groups excluding carboxylic acids is 2. The summed E-state index contributed by atoms with van der Waals surface area (Å²) < 4.78 is 0. The molecule has 0 unspecified atom stereocenters. The fraction of sp³-hybridized carbons (Fsp3) is 0.882. The van der Waals surface area contributed by atoms with E-state index in [1.165, 1.54) is 32.1 Å². The highest BCUT2D eigenvalue weighted by Gasteiger charge is 2.37. The molecule has 5 heteroatoms. The maximum Gasteiger partial charge on any atom is 0.317 e. The van der Waals surface area contributed by atoms with E-state index in [9.17, 15) is 9.59 Å². The van der Waals surface area contributed by atoms with Gasteiger partial charge in [-0.2, -0.15) is 0 Å². The zero-order chi connectivity index (χ0) is 15.4. The number of likely N-dealkylation sites (tertiary alicyclic amines) is 1. The van der Waals surface area contributed by atoms with Crippen LogP contribution in [0.1, 0.15) is 57.8 Å². The van der Waals surface area contributed by atoms with Gasteiger partial charge in [-0.25, -0.2) is 4.79 Å². The molecule has 1 aliphatic heterocycles. The van der Waals surface area contributed by atoms with E-state index in [0.29, 0.717) is 19.1 Å². The lowest BCUT2D eigenvalue weighted by Crippen LogP contribution is -2.48. The van der Waals surface area contributed by atoms with E-state index >= 15 is 0 Å². The van der Waals surface area contributed by atoms with E-state index < -0.39 is 0 Å². The zero-order valence-corrected chi connectivity index (χ0v) is 13.5. The molecule has 2 saturated carbocycles. The average molecular weight is 307 g/mol. The van der Waals surface area contributed by atoms with Gasteiger partial charge in [0.1, 0.15) is 0 Å². The Kier molecular flexibility index (Phi) is 5.21. The Morgan fingerprint density at radius 1 is 0.864 bits per heavy atom. The summed E-state index contributed by atoms with van der Waals surface area (Å²) in [6.45, 7) is 1.97. The number of hydrogen-bond donors (Lipinski definition) is 2. The van der Waals surface area contributed by atoms with Gasteiger partial charge >= 0.3 is 6.03 Å². The quantitative estimate of drug-likeness (QED) is 0.765. The van der Waals surface area contributed by atoms with Crippen molar-refractivity contribution < 1.29 is 9.59 Å². The predicted molar refractivity (Wildman–Crippen MR) is 85.4 cm³/mol. The van der Waals surface area contributed by atoms with Crippen LogP contribution in [0.15, 0.2) is 0 Å². The first-order valence-corrected chi connectivity index (χ1v) is 9.08.